The third-order valence-electron chi connectivity index (χ3n) is 6.38. The lowest BCUT2D eigenvalue weighted by Crippen LogP contribution is -2.49. The van der Waals surface area contributed by atoms with Gasteiger partial charge < -0.3 is 20.6 Å². The maximum absolute atomic E-state index is 13.0. The van der Waals surface area contributed by atoms with Gasteiger partial charge in [-0.15, -0.1) is 12.4 Å². The number of hydrogen-bond donors (Lipinski definition) is 3. The molecule has 0 saturated carbocycles. The van der Waals surface area contributed by atoms with E-state index in [4.69, 9.17) is 0 Å². The molecule has 1 saturated heterocycles. The van der Waals surface area contributed by atoms with E-state index in [1.807, 2.05) is 34.3 Å². The van der Waals surface area contributed by atoms with Crippen molar-refractivity contribution in [2.24, 2.45) is 0 Å². The van der Waals surface area contributed by atoms with Crippen molar-refractivity contribution in [2.75, 3.05) is 45.2 Å². The maximum Gasteiger partial charge on any atom is 0.326 e. The summed E-state index contributed by atoms with van der Waals surface area (Å²) in [5.41, 5.74) is 1.10. The number of aliphatic carboxylic acids is 1. The van der Waals surface area contributed by atoms with Crippen LogP contribution in [0, 0.1) is 0 Å². The van der Waals surface area contributed by atoms with Crippen molar-refractivity contribution in [1.29, 1.82) is 0 Å². The molecule has 8 nitrogen and oxygen atoms in total. The van der Waals surface area contributed by atoms with E-state index in [1.54, 1.807) is 18.8 Å². The van der Waals surface area contributed by atoms with Crippen molar-refractivity contribution in [3.05, 3.63) is 48.0 Å². The smallest absolute Gasteiger partial charge is 0.326 e. The largest absolute Gasteiger partial charge is 0.480 e. The quantitative estimate of drug-likeness (QED) is 0.361. The molecule has 36 heavy (non-hydrogen) atoms. The van der Waals surface area contributed by atoms with Gasteiger partial charge in [-0.2, -0.15) is 11.8 Å². The topological polar surface area (TPSA) is 102 Å². The Hall–Kier alpha value is -2.33. The van der Waals surface area contributed by atoms with E-state index in [0.717, 1.165) is 35.7 Å². The number of nitrogens with one attached hydrogen (secondary N) is 2. The first-order chi connectivity index (χ1) is 16.9. The summed E-state index contributed by atoms with van der Waals surface area (Å²) in [5, 5.41) is 17.4. The van der Waals surface area contributed by atoms with E-state index in [9.17, 15) is 19.5 Å². The third kappa shape index (κ3) is 8.37. The molecule has 0 spiro atoms. The summed E-state index contributed by atoms with van der Waals surface area (Å²) < 4.78 is 0. The van der Waals surface area contributed by atoms with E-state index < -0.39 is 12.0 Å². The fourth-order valence-electron chi connectivity index (χ4n) is 4.70. The van der Waals surface area contributed by atoms with Crippen LogP contribution in [0.4, 0.5) is 0 Å². The molecule has 3 N–H and O–H groups in total. The van der Waals surface area contributed by atoms with E-state index in [2.05, 4.69) is 34.9 Å². The Bertz CT molecular complexity index is 1020. The molecule has 2 aromatic carbocycles. The van der Waals surface area contributed by atoms with Crippen LogP contribution in [-0.4, -0.2) is 90.0 Å². The second-order valence-electron chi connectivity index (χ2n) is 8.96. The predicted molar refractivity (Wildman–Crippen MR) is 148 cm³/mol. The number of benzene rings is 2. The van der Waals surface area contributed by atoms with Gasteiger partial charge in [0.25, 0.3) is 0 Å². The number of likely N-dealkylation sites (N-methyl/N-ethyl adjacent to an activating group) is 1. The molecule has 198 valence electrons. The molecule has 0 unspecified atom stereocenters. The van der Waals surface area contributed by atoms with Gasteiger partial charge in [0, 0.05) is 25.7 Å². The number of rotatable bonds is 13. The number of carbonyl (C=O) groups excluding carboxylic acids is 2. The highest BCUT2D eigenvalue weighted by Gasteiger charge is 2.31. The van der Waals surface area contributed by atoms with Crippen LogP contribution < -0.4 is 10.6 Å². The molecule has 0 radical (unpaired) electrons. The van der Waals surface area contributed by atoms with E-state index in [1.165, 1.54) is 0 Å². The number of amides is 2. The average Bonchev–Trinajstić information content (AvgIpc) is 3.30. The third-order valence-corrected chi connectivity index (χ3v) is 7.02. The number of carboxylic acid groups (broad SMARTS) is 1. The van der Waals surface area contributed by atoms with Crippen molar-refractivity contribution in [3.8, 4) is 0 Å². The summed E-state index contributed by atoms with van der Waals surface area (Å²) in [4.78, 5) is 41.2. The molecule has 3 rings (SSSR count). The van der Waals surface area contributed by atoms with Crippen LogP contribution in [0.3, 0.4) is 0 Å². The summed E-state index contributed by atoms with van der Waals surface area (Å²) in [6, 6.07) is 13.4. The molecule has 0 aromatic heterocycles. The van der Waals surface area contributed by atoms with Gasteiger partial charge in [0.15, 0.2) is 0 Å². The number of carboxylic acids is 1. The molecule has 0 aliphatic carbocycles. The molecule has 1 aliphatic heterocycles. The molecule has 10 heteroatoms. The van der Waals surface area contributed by atoms with Gasteiger partial charge in [-0.3, -0.25) is 14.5 Å². The van der Waals surface area contributed by atoms with Gasteiger partial charge in [0.2, 0.25) is 11.8 Å². The Morgan fingerprint density at radius 3 is 2.67 bits per heavy atom. The lowest BCUT2D eigenvalue weighted by Gasteiger charge is -2.31. The van der Waals surface area contributed by atoms with Crippen LogP contribution >= 0.6 is 24.2 Å². The van der Waals surface area contributed by atoms with Crippen molar-refractivity contribution in [2.45, 2.75) is 37.9 Å². The Balaban J connectivity index is 0.00000456. The van der Waals surface area contributed by atoms with Gasteiger partial charge >= 0.3 is 5.97 Å². The summed E-state index contributed by atoms with van der Waals surface area (Å²) in [6.07, 6.45) is 4.11. The number of hydrogen-bond acceptors (Lipinski definition) is 6. The Labute approximate surface area is 223 Å². The zero-order valence-electron chi connectivity index (χ0n) is 20.9. The zero-order chi connectivity index (χ0) is 25.2. The number of thioether (sulfide) groups is 1. The molecule has 2 aromatic rings. The summed E-state index contributed by atoms with van der Waals surface area (Å²) >= 11 is 1.55. The van der Waals surface area contributed by atoms with Gasteiger partial charge in [-0.25, -0.2) is 4.79 Å². The molecule has 1 heterocycles. The minimum Gasteiger partial charge on any atom is -0.480 e. The van der Waals surface area contributed by atoms with E-state index >= 15 is 0 Å². The van der Waals surface area contributed by atoms with Crippen LogP contribution in [-0.2, 0) is 20.9 Å². The Kier molecular flexibility index (Phi) is 12.5. The average molecular weight is 537 g/mol. The Morgan fingerprint density at radius 2 is 1.94 bits per heavy atom. The number of nitrogens with zero attached hydrogens (tertiary/aromatic N) is 2. The minimum atomic E-state index is -1.02. The minimum absolute atomic E-state index is 0. The highest BCUT2D eigenvalue weighted by atomic mass is 35.5. The second-order valence-corrected chi connectivity index (χ2v) is 9.95. The number of likely N-dealkylation sites (tertiary alicyclic amines) is 1. The maximum atomic E-state index is 13.0. The molecule has 2 atom stereocenters. The monoisotopic (exact) mass is 536 g/mol. The molecular formula is C26H37ClN4O4S. The highest BCUT2D eigenvalue weighted by Crippen LogP contribution is 2.23. The zero-order valence-corrected chi connectivity index (χ0v) is 22.6. The van der Waals surface area contributed by atoms with Crippen molar-refractivity contribution >= 4 is 52.7 Å². The lowest BCUT2D eigenvalue weighted by molar-refractivity contribution is -0.142. The normalized spacial score (nSPS) is 16.1. The fraction of sp³-hybridized carbons (Fsp3) is 0.500. The summed E-state index contributed by atoms with van der Waals surface area (Å²) in [7, 11) is 1.76. The van der Waals surface area contributed by atoms with Crippen molar-refractivity contribution < 1.29 is 19.5 Å². The van der Waals surface area contributed by atoms with Crippen LogP contribution in [0.2, 0.25) is 0 Å². The van der Waals surface area contributed by atoms with Gasteiger partial charge in [0.05, 0.1) is 13.1 Å². The molecular weight excluding hydrogens is 500 g/mol. The van der Waals surface area contributed by atoms with Gasteiger partial charge in [-0.05, 0) is 54.7 Å². The highest BCUT2D eigenvalue weighted by molar-refractivity contribution is 7.98. The van der Waals surface area contributed by atoms with Crippen LogP contribution in [0.5, 0.6) is 0 Å². The predicted octanol–water partition coefficient (Wildman–Crippen LogP) is 2.60. The first-order valence-electron chi connectivity index (χ1n) is 12.1. The van der Waals surface area contributed by atoms with Crippen LogP contribution in [0.15, 0.2) is 42.5 Å². The number of carbonyl (C=O) groups is 3. The van der Waals surface area contributed by atoms with E-state index in [-0.39, 0.29) is 43.4 Å². The standard InChI is InChI=1S/C26H36N4O4S.ClH/c1-27-15-25(32)30-13-6-10-21(30)17-29(18-24(31)28-23(26(33)34)12-14-35-2)16-20-9-5-8-19-7-3-4-11-22(19)20;/h3-5,7-9,11,21,23,27H,6,10,12-18H2,1-2H3,(H,28,31)(H,33,34);1H/t21-,23-;/m0./s1. The van der Waals surface area contributed by atoms with E-state index in [0.29, 0.717) is 25.3 Å². The number of halogens is 1. The molecule has 1 fully saturated rings. The molecule has 2 amide bonds. The Morgan fingerprint density at radius 1 is 1.19 bits per heavy atom. The lowest BCUT2D eigenvalue weighted by atomic mass is 10.0. The van der Waals surface area contributed by atoms with Gasteiger partial charge in [0.1, 0.15) is 6.04 Å². The fourth-order valence-corrected chi connectivity index (χ4v) is 5.17. The van der Waals surface area contributed by atoms with Gasteiger partial charge in [-0.1, -0.05) is 42.5 Å². The van der Waals surface area contributed by atoms with Crippen molar-refractivity contribution in [3.63, 3.8) is 0 Å². The SMILES string of the molecule is CNCC(=O)N1CCC[C@H]1CN(CC(=O)N[C@@H](CCSC)C(=O)O)Cc1cccc2ccccc12.Cl. The second kappa shape index (κ2) is 15.0. The number of fused-ring (bicyclic) bond motifs is 1. The van der Waals surface area contributed by atoms with Crippen LogP contribution in [0.25, 0.3) is 10.8 Å². The molecule has 1 aliphatic rings. The first-order valence-corrected chi connectivity index (χ1v) is 13.5. The van der Waals surface area contributed by atoms with Crippen molar-refractivity contribution in [1.82, 2.24) is 20.4 Å². The summed E-state index contributed by atoms with van der Waals surface area (Å²) in [6.45, 7) is 2.15. The van der Waals surface area contributed by atoms with Crippen LogP contribution in [0.1, 0.15) is 24.8 Å². The molecule has 0 bridgehead atoms. The summed E-state index contributed by atoms with van der Waals surface area (Å²) in [5.74, 6) is -0.619. The first kappa shape index (κ1) is 29.9.